The molecule has 0 fully saturated rings. The average Bonchev–Trinajstić information content (AvgIpc) is 2.30. The van der Waals surface area contributed by atoms with Crippen LogP contribution in [0.4, 0.5) is 30.6 Å². The van der Waals surface area contributed by atoms with E-state index in [2.05, 4.69) is 15.3 Å². The predicted molar refractivity (Wildman–Crippen MR) is 66.2 cm³/mol. The molecule has 100 valence electrons. The van der Waals surface area contributed by atoms with Gasteiger partial charge in [0.15, 0.2) is 0 Å². The second kappa shape index (κ2) is 4.93. The second-order valence-electron chi connectivity index (χ2n) is 3.62. The van der Waals surface area contributed by atoms with Gasteiger partial charge in [0.25, 0.3) is 0 Å². The summed E-state index contributed by atoms with van der Waals surface area (Å²) < 4.78 is 37.4. The molecule has 0 spiro atoms. The minimum absolute atomic E-state index is 0.0491. The van der Waals surface area contributed by atoms with Crippen molar-refractivity contribution in [3.8, 4) is 0 Å². The van der Waals surface area contributed by atoms with Crippen LogP contribution in [0, 0.1) is 0 Å². The number of hydrogen-bond acceptors (Lipinski definition) is 4. The molecule has 19 heavy (non-hydrogen) atoms. The Morgan fingerprint density at radius 1 is 1.21 bits per heavy atom. The zero-order valence-electron chi connectivity index (χ0n) is 9.37. The molecule has 2 rings (SSSR count). The Morgan fingerprint density at radius 2 is 1.95 bits per heavy atom. The Balaban J connectivity index is 2.27. The van der Waals surface area contributed by atoms with Gasteiger partial charge >= 0.3 is 6.18 Å². The van der Waals surface area contributed by atoms with E-state index >= 15 is 0 Å². The zero-order chi connectivity index (χ0) is 14.0. The lowest BCUT2D eigenvalue weighted by Crippen LogP contribution is -2.05. The Kier molecular flexibility index (Phi) is 3.48. The predicted octanol–water partition coefficient (Wildman–Crippen LogP) is 3.47. The van der Waals surface area contributed by atoms with Crippen molar-refractivity contribution in [2.24, 2.45) is 0 Å². The highest BCUT2D eigenvalue weighted by atomic mass is 35.5. The summed E-state index contributed by atoms with van der Waals surface area (Å²) >= 11 is 5.79. The number of nitrogens with two attached hydrogens (primary N) is 1. The molecule has 0 bridgehead atoms. The zero-order valence-corrected chi connectivity index (χ0v) is 10.1. The molecule has 1 aromatic heterocycles. The minimum Gasteiger partial charge on any atom is -0.368 e. The molecule has 0 aliphatic carbocycles. The van der Waals surface area contributed by atoms with Crippen LogP contribution in [0.25, 0.3) is 0 Å². The quantitative estimate of drug-likeness (QED) is 0.888. The number of nitrogens with one attached hydrogen (secondary N) is 1. The van der Waals surface area contributed by atoms with Crippen molar-refractivity contribution in [3.05, 3.63) is 41.0 Å². The van der Waals surface area contributed by atoms with Gasteiger partial charge in [-0.3, -0.25) is 0 Å². The molecular formula is C11H8ClF3N4. The molecule has 0 saturated carbocycles. The van der Waals surface area contributed by atoms with Crippen molar-refractivity contribution in [3.63, 3.8) is 0 Å². The molecule has 0 aliphatic rings. The Bertz CT molecular complexity index is 601. The SMILES string of the molecule is Nc1nccc(Nc2ccc(C(F)(F)F)cc2Cl)n1. The summed E-state index contributed by atoms with van der Waals surface area (Å²) in [4.78, 5) is 7.55. The molecule has 0 amide bonds. The van der Waals surface area contributed by atoms with Crippen LogP contribution in [0.15, 0.2) is 30.5 Å². The monoisotopic (exact) mass is 288 g/mol. The summed E-state index contributed by atoms with van der Waals surface area (Å²) in [7, 11) is 0. The van der Waals surface area contributed by atoms with Crippen LogP contribution < -0.4 is 11.1 Å². The van der Waals surface area contributed by atoms with Crippen LogP contribution in [0.5, 0.6) is 0 Å². The fourth-order valence-electron chi connectivity index (χ4n) is 1.37. The molecular weight excluding hydrogens is 281 g/mol. The lowest BCUT2D eigenvalue weighted by atomic mass is 10.2. The maximum Gasteiger partial charge on any atom is 0.416 e. The molecule has 1 aromatic carbocycles. The number of nitrogen functional groups attached to an aromatic ring is 1. The number of rotatable bonds is 2. The van der Waals surface area contributed by atoms with E-state index in [0.29, 0.717) is 11.5 Å². The van der Waals surface area contributed by atoms with Crippen LogP contribution in [-0.2, 0) is 6.18 Å². The molecule has 0 atom stereocenters. The number of halogens is 4. The van der Waals surface area contributed by atoms with Crippen molar-refractivity contribution < 1.29 is 13.2 Å². The van der Waals surface area contributed by atoms with E-state index in [0.717, 1.165) is 12.1 Å². The number of anilines is 3. The molecule has 0 aliphatic heterocycles. The summed E-state index contributed by atoms with van der Waals surface area (Å²) in [5, 5.41) is 2.70. The number of hydrogen-bond donors (Lipinski definition) is 2. The first kappa shape index (κ1) is 13.4. The third kappa shape index (κ3) is 3.25. The molecule has 0 saturated heterocycles. The average molecular weight is 289 g/mol. The van der Waals surface area contributed by atoms with Crippen molar-refractivity contribution >= 4 is 29.1 Å². The van der Waals surface area contributed by atoms with E-state index in [1.54, 1.807) is 0 Å². The first-order valence-corrected chi connectivity index (χ1v) is 5.46. The summed E-state index contributed by atoms with van der Waals surface area (Å²) in [6, 6.07) is 4.51. The molecule has 0 radical (unpaired) electrons. The third-order valence-electron chi connectivity index (χ3n) is 2.23. The van der Waals surface area contributed by atoms with Crippen LogP contribution in [0.2, 0.25) is 5.02 Å². The fraction of sp³-hybridized carbons (Fsp3) is 0.0909. The number of alkyl halides is 3. The first-order chi connectivity index (χ1) is 8.86. The fourth-order valence-corrected chi connectivity index (χ4v) is 1.60. The second-order valence-corrected chi connectivity index (χ2v) is 4.02. The topological polar surface area (TPSA) is 63.8 Å². The van der Waals surface area contributed by atoms with Gasteiger partial charge in [0.1, 0.15) is 5.82 Å². The lowest BCUT2D eigenvalue weighted by molar-refractivity contribution is -0.137. The minimum atomic E-state index is -4.43. The maximum atomic E-state index is 12.5. The molecule has 1 heterocycles. The van der Waals surface area contributed by atoms with Crippen LogP contribution in [0.1, 0.15) is 5.56 Å². The highest BCUT2D eigenvalue weighted by molar-refractivity contribution is 6.33. The van der Waals surface area contributed by atoms with Gasteiger partial charge in [-0.15, -0.1) is 0 Å². The standard InChI is InChI=1S/C11H8ClF3N4/c12-7-5-6(11(13,14)15)1-2-8(7)18-9-3-4-17-10(16)19-9/h1-5H,(H3,16,17,18,19). The van der Waals surface area contributed by atoms with E-state index in [-0.39, 0.29) is 11.0 Å². The van der Waals surface area contributed by atoms with Gasteiger partial charge in [0.2, 0.25) is 5.95 Å². The van der Waals surface area contributed by atoms with Gasteiger partial charge in [0.05, 0.1) is 16.3 Å². The maximum absolute atomic E-state index is 12.5. The summed E-state index contributed by atoms with van der Waals surface area (Å²) in [6.45, 7) is 0. The molecule has 3 N–H and O–H groups in total. The molecule has 2 aromatic rings. The van der Waals surface area contributed by atoms with Crippen molar-refractivity contribution in [2.75, 3.05) is 11.1 Å². The van der Waals surface area contributed by atoms with E-state index in [4.69, 9.17) is 17.3 Å². The van der Waals surface area contributed by atoms with Crippen LogP contribution in [-0.4, -0.2) is 9.97 Å². The van der Waals surface area contributed by atoms with Gasteiger partial charge in [0, 0.05) is 6.20 Å². The number of aromatic nitrogens is 2. The first-order valence-electron chi connectivity index (χ1n) is 5.08. The van der Waals surface area contributed by atoms with Gasteiger partial charge in [-0.1, -0.05) is 11.6 Å². The van der Waals surface area contributed by atoms with Gasteiger partial charge < -0.3 is 11.1 Å². The Morgan fingerprint density at radius 3 is 2.53 bits per heavy atom. The smallest absolute Gasteiger partial charge is 0.368 e. The Hall–Kier alpha value is -2.02. The van der Waals surface area contributed by atoms with Crippen molar-refractivity contribution in [1.82, 2.24) is 9.97 Å². The van der Waals surface area contributed by atoms with E-state index in [1.165, 1.54) is 18.3 Å². The van der Waals surface area contributed by atoms with Gasteiger partial charge in [-0.05, 0) is 24.3 Å². The number of nitrogens with zero attached hydrogens (tertiary/aromatic N) is 2. The van der Waals surface area contributed by atoms with E-state index in [1.807, 2.05) is 0 Å². The lowest BCUT2D eigenvalue weighted by Gasteiger charge is -2.11. The van der Waals surface area contributed by atoms with E-state index < -0.39 is 11.7 Å². The molecule has 4 nitrogen and oxygen atoms in total. The highest BCUT2D eigenvalue weighted by Crippen LogP contribution is 2.34. The largest absolute Gasteiger partial charge is 0.416 e. The van der Waals surface area contributed by atoms with Crippen LogP contribution in [0.3, 0.4) is 0 Å². The summed E-state index contributed by atoms with van der Waals surface area (Å²) in [5.41, 5.74) is 4.87. The molecule has 8 heteroatoms. The normalized spacial score (nSPS) is 11.4. The van der Waals surface area contributed by atoms with Gasteiger partial charge in [-0.25, -0.2) is 4.98 Å². The third-order valence-corrected chi connectivity index (χ3v) is 2.55. The van der Waals surface area contributed by atoms with Crippen molar-refractivity contribution in [2.45, 2.75) is 6.18 Å². The summed E-state index contributed by atoms with van der Waals surface area (Å²) in [6.07, 6.45) is -3.01. The highest BCUT2D eigenvalue weighted by Gasteiger charge is 2.30. The van der Waals surface area contributed by atoms with Crippen molar-refractivity contribution in [1.29, 1.82) is 0 Å². The summed E-state index contributed by atoms with van der Waals surface area (Å²) in [5.74, 6) is 0.391. The van der Waals surface area contributed by atoms with Crippen LogP contribution >= 0.6 is 11.6 Å². The molecule has 0 unspecified atom stereocenters. The number of benzene rings is 1. The Labute approximate surface area is 111 Å². The van der Waals surface area contributed by atoms with Gasteiger partial charge in [-0.2, -0.15) is 18.2 Å². The van der Waals surface area contributed by atoms with E-state index in [9.17, 15) is 13.2 Å².